The molecule has 2 aromatic carbocycles. The summed E-state index contributed by atoms with van der Waals surface area (Å²) in [6.45, 7) is 6.19. The van der Waals surface area contributed by atoms with Crippen molar-refractivity contribution in [2.24, 2.45) is 0 Å². The van der Waals surface area contributed by atoms with Gasteiger partial charge in [0.25, 0.3) is 0 Å². The van der Waals surface area contributed by atoms with E-state index in [-0.39, 0.29) is 17.2 Å². The van der Waals surface area contributed by atoms with Gasteiger partial charge in [0.2, 0.25) is 0 Å². The molecule has 0 saturated heterocycles. The highest BCUT2D eigenvalue weighted by atomic mass is 16.6. The van der Waals surface area contributed by atoms with Crippen LogP contribution in [0.4, 0.5) is 0 Å². The lowest BCUT2D eigenvalue weighted by Crippen LogP contribution is -2.17. The summed E-state index contributed by atoms with van der Waals surface area (Å²) in [7, 11) is 0. The molecule has 0 amide bonds. The molecule has 0 spiro atoms. The Morgan fingerprint density at radius 1 is 0.852 bits per heavy atom. The van der Waals surface area contributed by atoms with Gasteiger partial charge in [-0.25, -0.2) is 9.59 Å². The lowest BCUT2D eigenvalue weighted by Gasteiger charge is -2.14. The summed E-state index contributed by atoms with van der Waals surface area (Å²) in [5.74, 6) is -0.371. The van der Waals surface area contributed by atoms with Crippen LogP contribution in [0, 0.1) is 0 Å². The SMILES string of the molecule is CCCCCOC(=O)c1ccccc1C(=O)Oc1ccccc1OC(C)C. The molecule has 0 bridgehead atoms. The number of rotatable bonds is 9. The van der Waals surface area contributed by atoms with Gasteiger partial charge in [0.05, 0.1) is 23.8 Å². The third-order valence-electron chi connectivity index (χ3n) is 3.76. The summed E-state index contributed by atoms with van der Waals surface area (Å²) in [6.07, 6.45) is 2.77. The smallest absolute Gasteiger partial charge is 0.344 e. The van der Waals surface area contributed by atoms with Gasteiger partial charge in [-0.3, -0.25) is 0 Å². The summed E-state index contributed by atoms with van der Waals surface area (Å²) in [5.41, 5.74) is 0.360. The predicted molar refractivity (Wildman–Crippen MR) is 103 cm³/mol. The van der Waals surface area contributed by atoms with Gasteiger partial charge in [0.15, 0.2) is 11.5 Å². The summed E-state index contributed by atoms with van der Waals surface area (Å²) in [4.78, 5) is 25.0. The zero-order valence-electron chi connectivity index (χ0n) is 16.1. The molecule has 0 aliphatic heterocycles. The molecular formula is C22H26O5. The van der Waals surface area contributed by atoms with E-state index >= 15 is 0 Å². The minimum atomic E-state index is -0.629. The number of hydrogen-bond acceptors (Lipinski definition) is 5. The van der Waals surface area contributed by atoms with Gasteiger partial charge >= 0.3 is 11.9 Å². The number of hydrogen-bond donors (Lipinski definition) is 0. The van der Waals surface area contributed by atoms with E-state index in [0.717, 1.165) is 19.3 Å². The number of ether oxygens (including phenoxy) is 3. The first-order chi connectivity index (χ1) is 13.0. The van der Waals surface area contributed by atoms with Crippen LogP contribution in [0.25, 0.3) is 0 Å². The predicted octanol–water partition coefficient (Wildman–Crippen LogP) is 5.04. The van der Waals surface area contributed by atoms with E-state index in [4.69, 9.17) is 14.2 Å². The molecule has 0 atom stereocenters. The second kappa shape index (κ2) is 10.4. The van der Waals surface area contributed by atoms with Crippen LogP contribution >= 0.6 is 0 Å². The van der Waals surface area contributed by atoms with E-state index in [1.165, 1.54) is 0 Å². The van der Waals surface area contributed by atoms with Crippen LogP contribution in [-0.4, -0.2) is 24.6 Å². The van der Waals surface area contributed by atoms with Crippen LogP contribution in [0.3, 0.4) is 0 Å². The van der Waals surface area contributed by atoms with Crippen molar-refractivity contribution < 1.29 is 23.8 Å². The van der Waals surface area contributed by atoms with Gasteiger partial charge in [-0.2, -0.15) is 0 Å². The number of para-hydroxylation sites is 2. The molecule has 144 valence electrons. The van der Waals surface area contributed by atoms with Gasteiger partial charge in [-0.1, -0.05) is 44.0 Å². The third kappa shape index (κ3) is 6.13. The maximum atomic E-state index is 12.7. The van der Waals surface area contributed by atoms with E-state index in [1.807, 2.05) is 13.8 Å². The molecule has 0 fully saturated rings. The summed E-state index contributed by atoms with van der Waals surface area (Å²) in [5, 5.41) is 0. The highest BCUT2D eigenvalue weighted by Crippen LogP contribution is 2.28. The molecule has 5 nitrogen and oxygen atoms in total. The van der Waals surface area contributed by atoms with Gasteiger partial charge in [-0.15, -0.1) is 0 Å². The first-order valence-electron chi connectivity index (χ1n) is 9.27. The number of carbonyl (C=O) groups excluding carboxylic acids is 2. The molecule has 0 aromatic heterocycles. The van der Waals surface area contributed by atoms with Crippen molar-refractivity contribution in [1.29, 1.82) is 0 Å². The highest BCUT2D eigenvalue weighted by Gasteiger charge is 2.20. The largest absolute Gasteiger partial charge is 0.487 e. The van der Waals surface area contributed by atoms with Crippen molar-refractivity contribution in [3.63, 3.8) is 0 Å². The number of unbranched alkanes of at least 4 members (excludes halogenated alkanes) is 2. The van der Waals surface area contributed by atoms with Crippen molar-refractivity contribution in [2.45, 2.75) is 46.1 Å². The Bertz CT molecular complexity index is 767. The lowest BCUT2D eigenvalue weighted by atomic mass is 10.1. The van der Waals surface area contributed by atoms with Crippen LogP contribution < -0.4 is 9.47 Å². The Morgan fingerprint density at radius 3 is 2.07 bits per heavy atom. The van der Waals surface area contributed by atoms with E-state index in [2.05, 4.69) is 6.92 Å². The lowest BCUT2D eigenvalue weighted by molar-refractivity contribution is 0.0489. The van der Waals surface area contributed by atoms with E-state index in [1.54, 1.807) is 48.5 Å². The highest BCUT2D eigenvalue weighted by molar-refractivity contribution is 6.03. The molecule has 2 rings (SSSR count). The molecule has 0 heterocycles. The third-order valence-corrected chi connectivity index (χ3v) is 3.76. The van der Waals surface area contributed by atoms with Crippen molar-refractivity contribution in [3.8, 4) is 11.5 Å². The monoisotopic (exact) mass is 370 g/mol. The van der Waals surface area contributed by atoms with Gasteiger partial charge in [0, 0.05) is 0 Å². The molecule has 0 radical (unpaired) electrons. The summed E-state index contributed by atoms with van der Waals surface area (Å²) in [6, 6.07) is 13.4. The van der Waals surface area contributed by atoms with Crippen LogP contribution in [-0.2, 0) is 4.74 Å². The molecule has 0 N–H and O–H groups in total. The van der Waals surface area contributed by atoms with Crippen molar-refractivity contribution >= 4 is 11.9 Å². The minimum Gasteiger partial charge on any atom is -0.487 e. The molecule has 0 aliphatic rings. The van der Waals surface area contributed by atoms with E-state index < -0.39 is 11.9 Å². The Kier molecular flexibility index (Phi) is 7.86. The molecule has 0 unspecified atom stereocenters. The summed E-state index contributed by atoms with van der Waals surface area (Å²) >= 11 is 0. The standard InChI is InChI=1S/C22H26O5/c1-4-5-10-15-25-21(23)17-11-6-7-12-18(17)22(24)27-20-14-9-8-13-19(20)26-16(2)3/h6-9,11-14,16H,4-5,10,15H2,1-3H3. The van der Waals surface area contributed by atoms with Gasteiger partial charge in [0.1, 0.15) is 0 Å². The average molecular weight is 370 g/mol. The van der Waals surface area contributed by atoms with Crippen LogP contribution in [0.1, 0.15) is 60.7 Å². The minimum absolute atomic E-state index is 0.0600. The average Bonchev–Trinajstić information content (AvgIpc) is 2.66. The molecule has 2 aromatic rings. The Hall–Kier alpha value is -2.82. The zero-order chi connectivity index (χ0) is 19.6. The van der Waals surface area contributed by atoms with Crippen LogP contribution in [0.5, 0.6) is 11.5 Å². The molecule has 5 heteroatoms. The number of benzene rings is 2. The van der Waals surface area contributed by atoms with Crippen molar-refractivity contribution in [1.82, 2.24) is 0 Å². The van der Waals surface area contributed by atoms with E-state index in [9.17, 15) is 9.59 Å². The van der Waals surface area contributed by atoms with Crippen LogP contribution in [0.2, 0.25) is 0 Å². The van der Waals surface area contributed by atoms with Crippen molar-refractivity contribution in [3.05, 3.63) is 59.7 Å². The second-order valence-corrected chi connectivity index (χ2v) is 6.39. The zero-order valence-corrected chi connectivity index (χ0v) is 16.1. The van der Waals surface area contributed by atoms with Gasteiger partial charge in [-0.05, 0) is 44.5 Å². The summed E-state index contributed by atoms with van der Waals surface area (Å²) < 4.78 is 16.4. The number of esters is 2. The van der Waals surface area contributed by atoms with Crippen LogP contribution in [0.15, 0.2) is 48.5 Å². The fourth-order valence-corrected chi connectivity index (χ4v) is 2.47. The number of carbonyl (C=O) groups is 2. The first kappa shape index (κ1) is 20.5. The molecule has 27 heavy (non-hydrogen) atoms. The quantitative estimate of drug-likeness (QED) is 0.351. The fraction of sp³-hybridized carbons (Fsp3) is 0.364. The first-order valence-corrected chi connectivity index (χ1v) is 9.27. The molecule has 0 saturated carbocycles. The Morgan fingerprint density at radius 2 is 1.44 bits per heavy atom. The maximum Gasteiger partial charge on any atom is 0.344 e. The molecular weight excluding hydrogens is 344 g/mol. The van der Waals surface area contributed by atoms with E-state index in [0.29, 0.717) is 18.1 Å². The van der Waals surface area contributed by atoms with Gasteiger partial charge < -0.3 is 14.2 Å². The normalized spacial score (nSPS) is 10.5. The Balaban J connectivity index is 2.15. The topological polar surface area (TPSA) is 61.8 Å². The second-order valence-electron chi connectivity index (χ2n) is 6.39. The van der Waals surface area contributed by atoms with Crippen molar-refractivity contribution in [2.75, 3.05) is 6.61 Å². The molecule has 0 aliphatic carbocycles. The Labute approximate surface area is 160 Å². The fourth-order valence-electron chi connectivity index (χ4n) is 2.47. The maximum absolute atomic E-state index is 12.7.